The summed E-state index contributed by atoms with van der Waals surface area (Å²) in [5.41, 5.74) is 1.25. The topological polar surface area (TPSA) is 24.5 Å². The van der Waals surface area contributed by atoms with Crippen LogP contribution in [0.1, 0.15) is 24.9 Å². The number of hydrogen-bond acceptors (Lipinski definition) is 3. The van der Waals surface area contributed by atoms with Gasteiger partial charge < -0.3 is 10.1 Å². The first kappa shape index (κ1) is 14.0. The quantitative estimate of drug-likeness (QED) is 0.735. The second-order valence-corrected chi connectivity index (χ2v) is 4.36. The van der Waals surface area contributed by atoms with Gasteiger partial charge in [0.25, 0.3) is 0 Å². The molecule has 0 aliphatic rings. The summed E-state index contributed by atoms with van der Waals surface area (Å²) >= 11 is 0. The fourth-order valence-electron chi connectivity index (χ4n) is 1.95. The van der Waals surface area contributed by atoms with E-state index in [2.05, 4.69) is 36.3 Å². The number of benzene rings is 1. The molecule has 0 aliphatic carbocycles. The molecule has 0 fully saturated rings. The minimum absolute atomic E-state index is 0.378. The van der Waals surface area contributed by atoms with Gasteiger partial charge in [-0.3, -0.25) is 4.90 Å². The largest absolute Gasteiger partial charge is 0.496 e. The van der Waals surface area contributed by atoms with Crippen LogP contribution in [-0.2, 0) is 0 Å². The molecule has 0 spiro atoms. The summed E-state index contributed by atoms with van der Waals surface area (Å²) in [4.78, 5) is 2.36. The van der Waals surface area contributed by atoms with Crippen molar-refractivity contribution in [3.05, 3.63) is 29.8 Å². The number of methoxy groups -OCH3 is 1. The SMILES string of the molecule is CNCCCN(C)C(C)c1ccccc1OC. The third-order valence-corrected chi connectivity index (χ3v) is 3.19. The van der Waals surface area contributed by atoms with Crippen LogP contribution in [0.25, 0.3) is 0 Å². The molecule has 1 aromatic rings. The molecular weight excluding hydrogens is 212 g/mol. The highest BCUT2D eigenvalue weighted by molar-refractivity contribution is 5.35. The summed E-state index contributed by atoms with van der Waals surface area (Å²) in [7, 11) is 5.88. The average Bonchev–Trinajstić information content (AvgIpc) is 2.38. The molecule has 1 aromatic carbocycles. The van der Waals surface area contributed by atoms with E-state index >= 15 is 0 Å². The number of nitrogens with zero attached hydrogens (tertiary/aromatic N) is 1. The first-order valence-electron chi connectivity index (χ1n) is 6.18. The van der Waals surface area contributed by atoms with Crippen molar-refractivity contribution in [3.63, 3.8) is 0 Å². The van der Waals surface area contributed by atoms with Crippen molar-refractivity contribution >= 4 is 0 Å². The lowest BCUT2D eigenvalue weighted by atomic mass is 10.1. The molecular formula is C14H24N2O. The summed E-state index contributed by atoms with van der Waals surface area (Å²) in [6.07, 6.45) is 1.16. The van der Waals surface area contributed by atoms with Crippen LogP contribution in [0.2, 0.25) is 0 Å². The van der Waals surface area contributed by atoms with Crippen LogP contribution in [0.4, 0.5) is 0 Å². The zero-order valence-electron chi connectivity index (χ0n) is 11.4. The van der Waals surface area contributed by atoms with Crippen LogP contribution in [-0.4, -0.2) is 39.2 Å². The van der Waals surface area contributed by atoms with Crippen molar-refractivity contribution in [1.82, 2.24) is 10.2 Å². The van der Waals surface area contributed by atoms with E-state index < -0.39 is 0 Å². The second-order valence-electron chi connectivity index (χ2n) is 4.36. The molecule has 0 saturated carbocycles. The van der Waals surface area contributed by atoms with Gasteiger partial charge in [-0.05, 0) is 46.6 Å². The van der Waals surface area contributed by atoms with Crippen LogP contribution in [0, 0.1) is 0 Å². The van der Waals surface area contributed by atoms with E-state index in [-0.39, 0.29) is 0 Å². The van der Waals surface area contributed by atoms with Crippen LogP contribution in [0.5, 0.6) is 5.75 Å². The predicted octanol–water partition coefficient (Wildman–Crippen LogP) is 2.30. The van der Waals surface area contributed by atoms with E-state index in [1.165, 1.54) is 5.56 Å². The van der Waals surface area contributed by atoms with E-state index in [1.54, 1.807) is 7.11 Å². The van der Waals surface area contributed by atoms with Gasteiger partial charge in [0, 0.05) is 11.6 Å². The molecule has 1 unspecified atom stereocenters. The van der Waals surface area contributed by atoms with Gasteiger partial charge in [0.1, 0.15) is 5.75 Å². The standard InChI is InChI=1S/C14H24N2O/c1-12(16(3)11-7-10-15-2)13-8-5-6-9-14(13)17-4/h5-6,8-9,12,15H,7,10-11H2,1-4H3. The number of nitrogens with one attached hydrogen (secondary N) is 1. The van der Waals surface area contributed by atoms with Gasteiger partial charge in [-0.2, -0.15) is 0 Å². The maximum Gasteiger partial charge on any atom is 0.123 e. The molecule has 0 aromatic heterocycles. The van der Waals surface area contributed by atoms with Gasteiger partial charge >= 0.3 is 0 Å². The number of rotatable bonds is 7. The highest BCUT2D eigenvalue weighted by Gasteiger charge is 2.14. The Morgan fingerprint density at radius 1 is 1.35 bits per heavy atom. The maximum atomic E-state index is 5.40. The predicted molar refractivity (Wildman–Crippen MR) is 72.6 cm³/mol. The van der Waals surface area contributed by atoms with E-state index in [0.29, 0.717) is 6.04 Å². The first-order valence-corrected chi connectivity index (χ1v) is 6.18. The summed E-state index contributed by atoms with van der Waals surface area (Å²) in [5.74, 6) is 0.973. The average molecular weight is 236 g/mol. The zero-order chi connectivity index (χ0) is 12.7. The molecule has 0 aliphatic heterocycles. The van der Waals surface area contributed by atoms with E-state index in [9.17, 15) is 0 Å². The van der Waals surface area contributed by atoms with Crippen molar-refractivity contribution in [3.8, 4) is 5.75 Å². The molecule has 0 bridgehead atoms. The Balaban J connectivity index is 2.64. The molecule has 1 rings (SSSR count). The number of para-hydroxylation sites is 1. The van der Waals surface area contributed by atoms with Gasteiger partial charge in [0.15, 0.2) is 0 Å². The molecule has 17 heavy (non-hydrogen) atoms. The van der Waals surface area contributed by atoms with Gasteiger partial charge in [0.05, 0.1) is 7.11 Å². The first-order chi connectivity index (χ1) is 8.20. The Labute approximate surface area is 105 Å². The van der Waals surface area contributed by atoms with Crippen LogP contribution >= 0.6 is 0 Å². The van der Waals surface area contributed by atoms with Gasteiger partial charge in [-0.1, -0.05) is 18.2 Å². The lowest BCUT2D eigenvalue weighted by Crippen LogP contribution is -2.26. The van der Waals surface area contributed by atoms with Crippen LogP contribution in [0.3, 0.4) is 0 Å². The lowest BCUT2D eigenvalue weighted by Gasteiger charge is -2.26. The summed E-state index contributed by atoms with van der Waals surface area (Å²) in [6.45, 7) is 4.36. The van der Waals surface area contributed by atoms with Crippen molar-refractivity contribution < 1.29 is 4.74 Å². The Morgan fingerprint density at radius 3 is 2.71 bits per heavy atom. The molecule has 0 amide bonds. The molecule has 96 valence electrons. The third kappa shape index (κ3) is 4.02. The molecule has 0 saturated heterocycles. The fraction of sp³-hybridized carbons (Fsp3) is 0.571. The molecule has 0 heterocycles. The summed E-state index contributed by atoms with van der Waals surface area (Å²) < 4.78 is 5.40. The second kappa shape index (κ2) is 7.30. The van der Waals surface area contributed by atoms with Crippen molar-refractivity contribution in [2.75, 3.05) is 34.3 Å². The Morgan fingerprint density at radius 2 is 2.06 bits per heavy atom. The van der Waals surface area contributed by atoms with Gasteiger partial charge in [-0.15, -0.1) is 0 Å². The van der Waals surface area contributed by atoms with Gasteiger partial charge in [-0.25, -0.2) is 0 Å². The smallest absolute Gasteiger partial charge is 0.123 e. The molecule has 1 N–H and O–H groups in total. The molecule has 3 nitrogen and oxygen atoms in total. The van der Waals surface area contributed by atoms with Crippen LogP contribution in [0.15, 0.2) is 24.3 Å². The normalized spacial score (nSPS) is 12.8. The highest BCUT2D eigenvalue weighted by Crippen LogP contribution is 2.27. The van der Waals surface area contributed by atoms with Crippen molar-refractivity contribution in [2.24, 2.45) is 0 Å². The molecule has 1 atom stereocenters. The minimum Gasteiger partial charge on any atom is -0.496 e. The number of ether oxygens (including phenoxy) is 1. The Bertz CT molecular complexity index is 328. The number of hydrogen-bond donors (Lipinski definition) is 1. The van der Waals surface area contributed by atoms with Gasteiger partial charge in [0.2, 0.25) is 0 Å². The van der Waals surface area contributed by atoms with E-state index in [0.717, 1.165) is 25.3 Å². The monoisotopic (exact) mass is 236 g/mol. The lowest BCUT2D eigenvalue weighted by molar-refractivity contribution is 0.252. The third-order valence-electron chi connectivity index (χ3n) is 3.19. The van der Waals surface area contributed by atoms with Crippen LogP contribution < -0.4 is 10.1 Å². The van der Waals surface area contributed by atoms with Crippen molar-refractivity contribution in [2.45, 2.75) is 19.4 Å². The molecule has 3 heteroatoms. The Hall–Kier alpha value is -1.06. The minimum atomic E-state index is 0.378. The summed E-state index contributed by atoms with van der Waals surface area (Å²) in [5, 5.41) is 3.17. The van der Waals surface area contributed by atoms with Crippen molar-refractivity contribution in [1.29, 1.82) is 0 Å². The fourth-order valence-corrected chi connectivity index (χ4v) is 1.95. The zero-order valence-corrected chi connectivity index (χ0v) is 11.4. The molecule has 0 radical (unpaired) electrons. The maximum absolute atomic E-state index is 5.40. The van der Waals surface area contributed by atoms with E-state index in [4.69, 9.17) is 4.74 Å². The summed E-state index contributed by atoms with van der Waals surface area (Å²) in [6, 6.07) is 8.61. The highest BCUT2D eigenvalue weighted by atomic mass is 16.5. The van der Waals surface area contributed by atoms with E-state index in [1.807, 2.05) is 19.2 Å². The Kier molecular flexibility index (Phi) is 6.01.